The lowest BCUT2D eigenvalue weighted by Crippen LogP contribution is -2.19. The lowest BCUT2D eigenvalue weighted by atomic mass is 10.0. The van der Waals surface area contributed by atoms with Crippen LogP contribution in [-0.2, 0) is 6.42 Å². The number of aryl methyl sites for hydroxylation is 4. The highest BCUT2D eigenvalue weighted by atomic mass is 16.4. The van der Waals surface area contributed by atoms with Crippen LogP contribution in [0.15, 0.2) is 40.8 Å². The second-order valence-corrected chi connectivity index (χ2v) is 6.56. The van der Waals surface area contributed by atoms with Gasteiger partial charge in [0.25, 0.3) is 0 Å². The maximum atomic E-state index is 12.1. The van der Waals surface area contributed by atoms with E-state index in [2.05, 4.69) is 52.9 Å². The minimum Gasteiger partial charge on any atom is -0.407 e. The number of nitrogens with zero attached hydrogens (tertiary/aromatic N) is 2. The van der Waals surface area contributed by atoms with Crippen molar-refractivity contribution < 1.29 is 9.21 Å². The van der Waals surface area contributed by atoms with Crippen molar-refractivity contribution in [2.75, 3.05) is 10.6 Å². The van der Waals surface area contributed by atoms with Crippen molar-refractivity contribution in [3.05, 3.63) is 70.1 Å². The maximum Gasteiger partial charge on any atom is 0.327 e. The van der Waals surface area contributed by atoms with E-state index < -0.39 is 6.03 Å². The van der Waals surface area contributed by atoms with Crippen LogP contribution in [0.4, 0.5) is 16.5 Å². The molecule has 0 unspecified atom stereocenters. The van der Waals surface area contributed by atoms with E-state index in [0.717, 1.165) is 22.4 Å². The van der Waals surface area contributed by atoms with Gasteiger partial charge < -0.3 is 9.73 Å². The summed E-state index contributed by atoms with van der Waals surface area (Å²) in [6, 6.07) is 11.7. The number of aromatic nitrogens is 2. The van der Waals surface area contributed by atoms with Crippen LogP contribution in [0.5, 0.6) is 0 Å². The van der Waals surface area contributed by atoms with E-state index in [-0.39, 0.29) is 6.01 Å². The Morgan fingerprint density at radius 2 is 1.65 bits per heavy atom. The van der Waals surface area contributed by atoms with E-state index in [1.807, 2.05) is 32.0 Å². The molecule has 0 spiro atoms. The molecule has 134 valence electrons. The Morgan fingerprint density at radius 3 is 2.35 bits per heavy atom. The molecule has 6 heteroatoms. The van der Waals surface area contributed by atoms with Gasteiger partial charge in [0.1, 0.15) is 0 Å². The lowest BCUT2D eigenvalue weighted by molar-refractivity contribution is 0.261. The second-order valence-electron chi connectivity index (χ2n) is 6.56. The van der Waals surface area contributed by atoms with Crippen molar-refractivity contribution in [2.24, 2.45) is 0 Å². The number of amides is 2. The van der Waals surface area contributed by atoms with E-state index in [4.69, 9.17) is 4.42 Å². The van der Waals surface area contributed by atoms with Crippen LogP contribution in [0.1, 0.15) is 33.7 Å². The molecule has 2 N–H and O–H groups in total. The number of carbonyl (C=O) groups excluding carboxylic acids is 1. The highest BCUT2D eigenvalue weighted by Crippen LogP contribution is 2.17. The summed E-state index contributed by atoms with van der Waals surface area (Å²) in [5.41, 5.74) is 6.37. The number of benzene rings is 2. The maximum absolute atomic E-state index is 12.1. The average molecular weight is 350 g/mol. The van der Waals surface area contributed by atoms with E-state index in [1.54, 1.807) is 0 Å². The largest absolute Gasteiger partial charge is 0.407 e. The zero-order chi connectivity index (χ0) is 18.7. The van der Waals surface area contributed by atoms with Crippen LogP contribution in [0.2, 0.25) is 0 Å². The Kier molecular flexibility index (Phi) is 5.02. The van der Waals surface area contributed by atoms with Crippen LogP contribution in [0.25, 0.3) is 0 Å². The molecule has 3 aromatic rings. The van der Waals surface area contributed by atoms with E-state index in [0.29, 0.717) is 12.3 Å². The minimum atomic E-state index is -0.420. The molecule has 0 atom stereocenters. The van der Waals surface area contributed by atoms with Gasteiger partial charge in [0.05, 0.1) is 6.42 Å². The van der Waals surface area contributed by atoms with Gasteiger partial charge in [-0.3, -0.25) is 5.32 Å². The lowest BCUT2D eigenvalue weighted by Gasteiger charge is -2.07. The van der Waals surface area contributed by atoms with Gasteiger partial charge in [-0.05, 0) is 62.1 Å². The predicted molar refractivity (Wildman–Crippen MR) is 102 cm³/mol. The number of urea groups is 1. The first-order valence-electron chi connectivity index (χ1n) is 8.44. The molecule has 3 rings (SSSR count). The third kappa shape index (κ3) is 4.47. The fraction of sp³-hybridized carbons (Fsp3) is 0.250. The molecule has 6 nitrogen and oxygen atoms in total. The van der Waals surface area contributed by atoms with E-state index in [1.165, 1.54) is 11.1 Å². The van der Waals surface area contributed by atoms with Gasteiger partial charge in [0.15, 0.2) is 0 Å². The molecular formula is C20H22N4O2. The molecular weight excluding hydrogens is 328 g/mol. The smallest absolute Gasteiger partial charge is 0.327 e. The second kappa shape index (κ2) is 7.39. The minimum absolute atomic E-state index is 0.0756. The molecule has 0 saturated heterocycles. The Balaban J connectivity index is 1.63. The molecule has 0 aliphatic carbocycles. The zero-order valence-corrected chi connectivity index (χ0v) is 15.4. The van der Waals surface area contributed by atoms with Crippen molar-refractivity contribution in [1.82, 2.24) is 10.2 Å². The average Bonchev–Trinajstić information content (AvgIpc) is 2.96. The summed E-state index contributed by atoms with van der Waals surface area (Å²) < 4.78 is 5.53. The molecule has 0 aliphatic heterocycles. The number of rotatable bonds is 4. The van der Waals surface area contributed by atoms with E-state index >= 15 is 0 Å². The molecule has 0 radical (unpaired) electrons. The summed E-state index contributed by atoms with van der Waals surface area (Å²) >= 11 is 0. The molecule has 26 heavy (non-hydrogen) atoms. The summed E-state index contributed by atoms with van der Waals surface area (Å²) in [5.74, 6) is 0.457. The number of hydrogen-bond donors (Lipinski definition) is 2. The number of hydrogen-bond acceptors (Lipinski definition) is 4. The van der Waals surface area contributed by atoms with Gasteiger partial charge in [-0.25, -0.2) is 4.79 Å². The fourth-order valence-corrected chi connectivity index (χ4v) is 2.89. The first-order valence-corrected chi connectivity index (χ1v) is 8.44. The van der Waals surface area contributed by atoms with Crippen molar-refractivity contribution >= 4 is 17.7 Å². The molecule has 0 fully saturated rings. The summed E-state index contributed by atoms with van der Waals surface area (Å²) in [4.78, 5) is 12.1. The van der Waals surface area contributed by atoms with Crippen molar-refractivity contribution in [2.45, 2.75) is 34.1 Å². The molecule has 0 bridgehead atoms. The van der Waals surface area contributed by atoms with Crippen molar-refractivity contribution in [1.29, 1.82) is 0 Å². The van der Waals surface area contributed by atoms with Gasteiger partial charge >= 0.3 is 12.0 Å². The molecule has 0 aliphatic rings. The predicted octanol–water partition coefficient (Wildman–Crippen LogP) is 4.54. The molecule has 2 aromatic carbocycles. The summed E-state index contributed by atoms with van der Waals surface area (Å²) in [5, 5.41) is 13.2. The van der Waals surface area contributed by atoms with Gasteiger partial charge in [0, 0.05) is 5.69 Å². The van der Waals surface area contributed by atoms with Crippen LogP contribution in [-0.4, -0.2) is 16.2 Å². The van der Waals surface area contributed by atoms with Gasteiger partial charge in [-0.1, -0.05) is 34.9 Å². The van der Waals surface area contributed by atoms with Gasteiger partial charge in [-0.2, -0.15) is 0 Å². The fourth-order valence-electron chi connectivity index (χ4n) is 2.89. The summed E-state index contributed by atoms with van der Waals surface area (Å²) in [6.45, 7) is 8.07. The van der Waals surface area contributed by atoms with Crippen LogP contribution >= 0.6 is 0 Å². The highest BCUT2D eigenvalue weighted by Gasteiger charge is 2.11. The normalized spacial score (nSPS) is 10.6. The molecule has 0 saturated carbocycles. The van der Waals surface area contributed by atoms with Crippen LogP contribution in [0, 0.1) is 27.7 Å². The first kappa shape index (κ1) is 17.7. The first-order chi connectivity index (χ1) is 12.4. The molecule has 1 aromatic heterocycles. The Morgan fingerprint density at radius 1 is 0.923 bits per heavy atom. The van der Waals surface area contributed by atoms with Crippen molar-refractivity contribution in [3.8, 4) is 0 Å². The molecule has 1 heterocycles. The monoisotopic (exact) mass is 350 g/mol. The number of anilines is 2. The van der Waals surface area contributed by atoms with Crippen molar-refractivity contribution in [3.63, 3.8) is 0 Å². The Hall–Kier alpha value is -3.15. The molecule has 2 amide bonds. The third-order valence-electron chi connectivity index (χ3n) is 4.01. The van der Waals surface area contributed by atoms with E-state index in [9.17, 15) is 4.79 Å². The van der Waals surface area contributed by atoms with Crippen LogP contribution in [0.3, 0.4) is 0 Å². The summed E-state index contributed by atoms with van der Waals surface area (Å²) in [7, 11) is 0. The Bertz CT molecular complexity index is 926. The van der Waals surface area contributed by atoms with Gasteiger partial charge in [0.2, 0.25) is 5.89 Å². The number of carbonyl (C=O) groups is 1. The third-order valence-corrected chi connectivity index (χ3v) is 4.01. The number of nitrogens with one attached hydrogen (secondary N) is 2. The summed E-state index contributed by atoms with van der Waals surface area (Å²) in [6.07, 6.45) is 0.527. The zero-order valence-electron chi connectivity index (χ0n) is 15.4. The topological polar surface area (TPSA) is 80.0 Å². The SMILES string of the molecule is Cc1cc(C)cc(NC(=O)Nc2nnc(Cc3ccc(C)cc3C)o2)c1. The van der Waals surface area contributed by atoms with Gasteiger partial charge in [-0.15, -0.1) is 5.10 Å². The standard InChI is InChI=1S/C20H22N4O2/c1-12-5-6-16(15(4)8-12)11-18-23-24-20(26-18)22-19(25)21-17-9-13(2)7-14(3)10-17/h5-10H,11H2,1-4H3,(H2,21,22,24,25). The quantitative estimate of drug-likeness (QED) is 0.724. The van der Waals surface area contributed by atoms with Crippen LogP contribution < -0.4 is 10.6 Å². The highest BCUT2D eigenvalue weighted by molar-refractivity contribution is 5.98. The Labute approximate surface area is 152 Å².